The molecule has 0 spiro atoms. The molecule has 5 aromatic carbocycles. The van der Waals surface area contributed by atoms with Gasteiger partial charge in [-0.05, 0) is 58.7 Å². The highest BCUT2D eigenvalue weighted by atomic mass is 16.5. The van der Waals surface area contributed by atoms with E-state index in [1.54, 1.807) is 0 Å². The maximum absolute atomic E-state index is 12.6. The van der Waals surface area contributed by atoms with Crippen molar-refractivity contribution in [2.45, 2.75) is 19.4 Å². The standard InChI is InChI=1S/C35H29NO3/c37-35(38)34-31(19-10-22-39-33-21-9-15-27-14-4-5-17-29(27)33)30-18-6-7-20-32(30)36(34)24-25-11-8-16-28(23-25)26-12-2-1-3-13-26/h1-9,11-18,20-21,23H,10,19,22,24H2,(H,37,38). The molecule has 0 unspecified atom stereocenters. The smallest absolute Gasteiger partial charge is 0.352 e. The zero-order valence-corrected chi connectivity index (χ0v) is 21.6. The second kappa shape index (κ2) is 10.9. The summed E-state index contributed by atoms with van der Waals surface area (Å²) in [5, 5.41) is 13.6. The molecule has 39 heavy (non-hydrogen) atoms. The first-order valence-electron chi connectivity index (χ1n) is 13.3. The zero-order chi connectivity index (χ0) is 26.6. The normalized spacial score (nSPS) is 11.2. The van der Waals surface area contributed by atoms with E-state index >= 15 is 0 Å². The number of benzene rings is 5. The van der Waals surface area contributed by atoms with Gasteiger partial charge in [0.15, 0.2) is 0 Å². The average Bonchev–Trinajstić information content (AvgIpc) is 3.29. The van der Waals surface area contributed by atoms with Crippen molar-refractivity contribution < 1.29 is 14.6 Å². The summed E-state index contributed by atoms with van der Waals surface area (Å²) in [4.78, 5) is 12.6. The van der Waals surface area contributed by atoms with Crippen molar-refractivity contribution in [2.24, 2.45) is 0 Å². The van der Waals surface area contributed by atoms with Gasteiger partial charge in [-0.15, -0.1) is 0 Å². The molecule has 0 aliphatic heterocycles. The molecule has 0 amide bonds. The third kappa shape index (κ3) is 5.01. The molecule has 4 heteroatoms. The molecule has 0 atom stereocenters. The van der Waals surface area contributed by atoms with Gasteiger partial charge in [0.05, 0.1) is 6.61 Å². The van der Waals surface area contributed by atoms with Crippen molar-refractivity contribution >= 4 is 27.6 Å². The molecule has 0 bridgehead atoms. The Bertz CT molecular complexity index is 1760. The largest absolute Gasteiger partial charge is 0.493 e. The molecule has 0 fully saturated rings. The van der Waals surface area contributed by atoms with Crippen LogP contribution in [0, 0.1) is 0 Å². The maximum atomic E-state index is 12.6. The first-order chi connectivity index (χ1) is 19.2. The van der Waals surface area contributed by atoms with E-state index in [2.05, 4.69) is 48.5 Å². The number of hydrogen-bond donors (Lipinski definition) is 1. The van der Waals surface area contributed by atoms with Crippen LogP contribution >= 0.6 is 0 Å². The lowest BCUT2D eigenvalue weighted by Crippen LogP contribution is -2.12. The summed E-state index contributed by atoms with van der Waals surface area (Å²) in [5.74, 6) is -0.0531. The van der Waals surface area contributed by atoms with Gasteiger partial charge in [-0.3, -0.25) is 0 Å². The summed E-state index contributed by atoms with van der Waals surface area (Å²) in [7, 11) is 0. The summed E-state index contributed by atoms with van der Waals surface area (Å²) in [6.07, 6.45) is 1.32. The van der Waals surface area contributed by atoms with Gasteiger partial charge < -0.3 is 14.4 Å². The van der Waals surface area contributed by atoms with E-state index < -0.39 is 5.97 Å². The van der Waals surface area contributed by atoms with Crippen LogP contribution in [0.3, 0.4) is 0 Å². The summed E-state index contributed by atoms with van der Waals surface area (Å²) in [6, 6.07) is 40.8. The molecular formula is C35H29NO3. The lowest BCUT2D eigenvalue weighted by Gasteiger charge is -2.12. The number of para-hydroxylation sites is 1. The van der Waals surface area contributed by atoms with Crippen LogP contribution in [0.25, 0.3) is 32.8 Å². The van der Waals surface area contributed by atoms with Crippen LogP contribution in [0.15, 0.2) is 121 Å². The number of carbonyl (C=O) groups is 1. The highest BCUT2D eigenvalue weighted by Crippen LogP contribution is 2.30. The van der Waals surface area contributed by atoms with Gasteiger partial charge in [0, 0.05) is 22.8 Å². The van der Waals surface area contributed by atoms with Gasteiger partial charge in [-0.1, -0.05) is 103 Å². The Hall–Kier alpha value is -4.83. The second-order valence-electron chi connectivity index (χ2n) is 9.73. The fraction of sp³-hybridized carbons (Fsp3) is 0.114. The average molecular weight is 512 g/mol. The Kier molecular flexibility index (Phi) is 6.84. The minimum atomic E-state index is -0.907. The third-order valence-electron chi connectivity index (χ3n) is 7.23. The van der Waals surface area contributed by atoms with Crippen LogP contribution in [0.1, 0.15) is 28.0 Å². The molecule has 1 aromatic heterocycles. The van der Waals surface area contributed by atoms with E-state index in [0.29, 0.717) is 31.7 Å². The van der Waals surface area contributed by atoms with Crippen molar-refractivity contribution in [1.82, 2.24) is 4.57 Å². The SMILES string of the molecule is O=C(O)c1c(CCCOc2cccc3ccccc23)c2ccccc2n1Cc1cccc(-c2ccccc2)c1. The molecule has 4 nitrogen and oxygen atoms in total. The predicted molar refractivity (Wildman–Crippen MR) is 158 cm³/mol. The molecule has 1 heterocycles. The van der Waals surface area contributed by atoms with E-state index in [1.807, 2.05) is 77.4 Å². The molecule has 6 aromatic rings. The van der Waals surface area contributed by atoms with Gasteiger partial charge in [0.1, 0.15) is 11.4 Å². The first-order valence-corrected chi connectivity index (χ1v) is 13.3. The van der Waals surface area contributed by atoms with Gasteiger partial charge >= 0.3 is 5.97 Å². The number of hydrogen-bond acceptors (Lipinski definition) is 2. The molecule has 192 valence electrons. The minimum Gasteiger partial charge on any atom is -0.493 e. The fourth-order valence-corrected chi connectivity index (χ4v) is 5.45. The third-order valence-corrected chi connectivity index (χ3v) is 7.23. The Labute approximate surface area is 227 Å². The molecule has 0 saturated carbocycles. The van der Waals surface area contributed by atoms with Crippen LogP contribution in [-0.4, -0.2) is 22.2 Å². The van der Waals surface area contributed by atoms with E-state index in [0.717, 1.165) is 49.7 Å². The van der Waals surface area contributed by atoms with Gasteiger partial charge in [-0.2, -0.15) is 0 Å². The van der Waals surface area contributed by atoms with Crippen molar-refractivity contribution in [1.29, 1.82) is 0 Å². The number of rotatable bonds is 9. The number of fused-ring (bicyclic) bond motifs is 2. The number of nitrogens with zero attached hydrogens (tertiary/aromatic N) is 1. The molecule has 0 saturated heterocycles. The summed E-state index contributed by atoms with van der Waals surface area (Å²) in [6.45, 7) is 0.987. The zero-order valence-electron chi connectivity index (χ0n) is 21.6. The van der Waals surface area contributed by atoms with E-state index in [4.69, 9.17) is 4.74 Å². The highest BCUT2D eigenvalue weighted by Gasteiger charge is 2.22. The van der Waals surface area contributed by atoms with Crippen LogP contribution in [0.2, 0.25) is 0 Å². The Morgan fingerprint density at radius 3 is 2.26 bits per heavy atom. The van der Waals surface area contributed by atoms with Gasteiger partial charge in [-0.25, -0.2) is 4.79 Å². The van der Waals surface area contributed by atoms with E-state index in [9.17, 15) is 9.90 Å². The van der Waals surface area contributed by atoms with Crippen LogP contribution in [0.5, 0.6) is 5.75 Å². The van der Waals surface area contributed by atoms with Crippen LogP contribution < -0.4 is 4.74 Å². The number of aromatic carboxylic acids is 1. The van der Waals surface area contributed by atoms with Gasteiger partial charge in [0.2, 0.25) is 0 Å². The summed E-state index contributed by atoms with van der Waals surface area (Å²) < 4.78 is 8.10. The van der Waals surface area contributed by atoms with E-state index in [1.165, 1.54) is 0 Å². The molecule has 6 rings (SSSR count). The Morgan fingerprint density at radius 1 is 0.718 bits per heavy atom. The maximum Gasteiger partial charge on any atom is 0.352 e. The number of aromatic nitrogens is 1. The number of ether oxygens (including phenoxy) is 1. The van der Waals surface area contributed by atoms with Crippen molar-refractivity contribution in [3.05, 3.63) is 138 Å². The monoisotopic (exact) mass is 511 g/mol. The quantitative estimate of drug-likeness (QED) is 0.199. The van der Waals surface area contributed by atoms with Crippen molar-refractivity contribution in [2.75, 3.05) is 6.61 Å². The molecule has 0 aliphatic rings. The highest BCUT2D eigenvalue weighted by molar-refractivity contribution is 5.98. The summed E-state index contributed by atoms with van der Waals surface area (Å²) in [5.41, 5.74) is 5.47. The van der Waals surface area contributed by atoms with E-state index in [-0.39, 0.29) is 0 Å². The molecular weight excluding hydrogens is 482 g/mol. The summed E-state index contributed by atoms with van der Waals surface area (Å²) >= 11 is 0. The van der Waals surface area contributed by atoms with Crippen molar-refractivity contribution in [3.8, 4) is 16.9 Å². The number of carboxylic acids is 1. The predicted octanol–water partition coefficient (Wildman–Crippen LogP) is 8.22. The van der Waals surface area contributed by atoms with Crippen molar-refractivity contribution in [3.63, 3.8) is 0 Å². The topological polar surface area (TPSA) is 51.5 Å². The fourth-order valence-electron chi connectivity index (χ4n) is 5.45. The number of carboxylic acid groups (broad SMARTS) is 1. The van der Waals surface area contributed by atoms with Gasteiger partial charge in [0.25, 0.3) is 0 Å². The minimum absolute atomic E-state index is 0.353. The Balaban J connectivity index is 1.28. The lowest BCUT2D eigenvalue weighted by molar-refractivity contribution is 0.0685. The molecule has 1 N–H and O–H groups in total. The first kappa shape index (κ1) is 24.5. The molecule has 0 aliphatic carbocycles. The lowest BCUT2D eigenvalue weighted by atomic mass is 10.0. The van der Waals surface area contributed by atoms with Crippen LogP contribution in [-0.2, 0) is 13.0 Å². The number of aryl methyl sites for hydroxylation is 1. The van der Waals surface area contributed by atoms with Crippen LogP contribution in [0.4, 0.5) is 0 Å². The second-order valence-corrected chi connectivity index (χ2v) is 9.73. The molecule has 0 radical (unpaired) electrons. The Morgan fingerprint density at radius 2 is 1.41 bits per heavy atom.